The molecule has 7 aromatic rings. The van der Waals surface area contributed by atoms with Gasteiger partial charge in [0.1, 0.15) is 0 Å². The van der Waals surface area contributed by atoms with Crippen LogP contribution in [0.4, 0.5) is 17.1 Å². The molecule has 0 bridgehead atoms. The molecule has 2 aliphatic carbocycles. The second-order valence-electron chi connectivity index (χ2n) is 11.0. The number of hydrogen-bond donors (Lipinski definition) is 0. The Morgan fingerprint density at radius 1 is 0.375 bits per heavy atom. The van der Waals surface area contributed by atoms with Crippen molar-refractivity contribution >= 4 is 38.6 Å². The number of fused-ring (bicyclic) bond motifs is 6. The zero-order valence-corrected chi connectivity index (χ0v) is 22.1. The molecule has 0 radical (unpaired) electrons. The summed E-state index contributed by atoms with van der Waals surface area (Å²) in [6.07, 6.45) is 0. The van der Waals surface area contributed by atoms with E-state index in [9.17, 15) is 0 Å². The van der Waals surface area contributed by atoms with E-state index in [1.54, 1.807) is 0 Å². The fourth-order valence-corrected chi connectivity index (χ4v) is 7.15. The van der Waals surface area contributed by atoms with Crippen LogP contribution in [0.2, 0.25) is 0 Å². The van der Waals surface area contributed by atoms with E-state index in [4.69, 9.17) is 0 Å². The van der Waals surface area contributed by atoms with Gasteiger partial charge in [-0.3, -0.25) is 0 Å². The minimum atomic E-state index is 1.17. The lowest BCUT2D eigenvalue weighted by molar-refractivity contribution is 1.30. The quantitative estimate of drug-likeness (QED) is 0.230. The Morgan fingerprint density at radius 2 is 0.800 bits per heavy atom. The SMILES string of the molecule is Cc1cccc(N(c2ccc3c4c(cccc24)-c2ccccc2-3)c2ccc3c4c(cccc24)-c2ccccc2-3)c1. The first-order chi connectivity index (χ1) is 19.8. The zero-order valence-electron chi connectivity index (χ0n) is 22.1. The van der Waals surface area contributed by atoms with Gasteiger partial charge in [-0.2, -0.15) is 0 Å². The van der Waals surface area contributed by atoms with E-state index in [1.165, 1.54) is 88.7 Å². The van der Waals surface area contributed by atoms with E-state index < -0.39 is 0 Å². The molecule has 1 heteroatoms. The second-order valence-corrected chi connectivity index (χ2v) is 11.0. The number of nitrogens with zero attached hydrogens (tertiary/aromatic N) is 1. The second kappa shape index (κ2) is 7.94. The maximum absolute atomic E-state index is 2.48. The van der Waals surface area contributed by atoms with E-state index in [2.05, 4.69) is 145 Å². The summed E-state index contributed by atoms with van der Waals surface area (Å²) in [5.41, 5.74) is 15.4. The molecule has 2 aliphatic rings. The highest BCUT2D eigenvalue weighted by atomic mass is 15.1. The van der Waals surface area contributed by atoms with Crippen molar-refractivity contribution < 1.29 is 0 Å². The van der Waals surface area contributed by atoms with Gasteiger partial charge in [-0.05, 0) is 92.0 Å². The third-order valence-electron chi connectivity index (χ3n) is 8.79. The molecule has 0 N–H and O–H groups in total. The molecule has 0 saturated heterocycles. The Morgan fingerprint density at radius 3 is 1.27 bits per heavy atom. The van der Waals surface area contributed by atoms with E-state index in [0.717, 1.165) is 0 Å². The number of rotatable bonds is 3. The van der Waals surface area contributed by atoms with Crippen LogP contribution < -0.4 is 4.90 Å². The maximum Gasteiger partial charge on any atom is 0.0540 e. The van der Waals surface area contributed by atoms with Gasteiger partial charge in [-0.25, -0.2) is 0 Å². The standard InChI is InChI=1S/C39H25N/c1-24-9-6-10-25(23-24)40(36-21-19-32-28-13-4-2-11-26(28)30-15-7-17-34(36)38(30)32)37-22-20-33-29-14-5-3-12-27(29)31-16-8-18-35(37)39(31)33/h2-23H,1H3. The molecule has 0 aromatic heterocycles. The Balaban J connectivity index is 1.37. The predicted molar refractivity (Wildman–Crippen MR) is 170 cm³/mol. The highest BCUT2D eigenvalue weighted by Gasteiger charge is 2.27. The maximum atomic E-state index is 2.48. The third kappa shape index (κ3) is 2.81. The first kappa shape index (κ1) is 21.8. The van der Waals surface area contributed by atoms with Crippen LogP contribution in [0, 0.1) is 6.92 Å². The van der Waals surface area contributed by atoms with E-state index in [0.29, 0.717) is 0 Å². The van der Waals surface area contributed by atoms with Crippen LogP contribution in [0.15, 0.2) is 133 Å². The number of hydrogen-bond acceptors (Lipinski definition) is 1. The summed E-state index contributed by atoms with van der Waals surface area (Å²) in [4.78, 5) is 2.48. The Hall–Kier alpha value is -5.14. The molecule has 1 nitrogen and oxygen atoms in total. The summed E-state index contributed by atoms with van der Waals surface area (Å²) in [6.45, 7) is 2.18. The molecule has 9 rings (SSSR count). The third-order valence-corrected chi connectivity index (χ3v) is 8.79. The van der Waals surface area contributed by atoms with Crippen molar-refractivity contribution in [3.63, 3.8) is 0 Å². The Bertz CT molecular complexity index is 1990. The molecule has 186 valence electrons. The van der Waals surface area contributed by atoms with Crippen LogP contribution in [0.3, 0.4) is 0 Å². The summed E-state index contributed by atoms with van der Waals surface area (Å²) in [5, 5.41) is 5.24. The molecule has 0 saturated carbocycles. The molecular weight excluding hydrogens is 482 g/mol. The number of benzene rings is 7. The molecular formula is C39H25N. The molecule has 0 fully saturated rings. The van der Waals surface area contributed by atoms with Crippen LogP contribution >= 0.6 is 0 Å². The monoisotopic (exact) mass is 507 g/mol. The average molecular weight is 508 g/mol. The number of anilines is 3. The van der Waals surface area contributed by atoms with Crippen LogP contribution in [0.25, 0.3) is 66.1 Å². The van der Waals surface area contributed by atoms with Gasteiger partial charge < -0.3 is 4.90 Å². The topological polar surface area (TPSA) is 3.24 Å². The average Bonchev–Trinajstić information content (AvgIpc) is 3.51. The van der Waals surface area contributed by atoms with Crippen molar-refractivity contribution in [2.45, 2.75) is 6.92 Å². The largest absolute Gasteiger partial charge is 0.309 e. The highest BCUT2D eigenvalue weighted by molar-refractivity contribution is 6.22. The van der Waals surface area contributed by atoms with Crippen LogP contribution in [0.1, 0.15) is 5.56 Å². The van der Waals surface area contributed by atoms with Gasteiger partial charge in [0.15, 0.2) is 0 Å². The summed E-state index contributed by atoms with van der Waals surface area (Å²) >= 11 is 0. The molecule has 0 unspecified atom stereocenters. The summed E-state index contributed by atoms with van der Waals surface area (Å²) in [7, 11) is 0. The minimum absolute atomic E-state index is 1.17. The fraction of sp³-hybridized carbons (Fsp3) is 0.0256. The predicted octanol–water partition coefficient (Wildman–Crippen LogP) is 11.1. The van der Waals surface area contributed by atoms with Crippen LogP contribution in [-0.2, 0) is 0 Å². The van der Waals surface area contributed by atoms with E-state index >= 15 is 0 Å². The normalized spacial score (nSPS) is 12.1. The van der Waals surface area contributed by atoms with Crippen molar-refractivity contribution in [3.8, 4) is 44.5 Å². The lowest BCUT2D eigenvalue weighted by Crippen LogP contribution is -2.11. The van der Waals surface area contributed by atoms with Gasteiger partial charge >= 0.3 is 0 Å². The van der Waals surface area contributed by atoms with Crippen molar-refractivity contribution in [1.29, 1.82) is 0 Å². The lowest BCUT2D eigenvalue weighted by Gasteiger charge is -2.29. The molecule has 0 aliphatic heterocycles. The summed E-state index contributed by atoms with van der Waals surface area (Å²) in [6, 6.07) is 49.3. The number of aryl methyl sites for hydroxylation is 1. The molecule has 7 aromatic carbocycles. The van der Waals surface area contributed by atoms with Crippen LogP contribution in [0.5, 0.6) is 0 Å². The summed E-state index contributed by atoms with van der Waals surface area (Å²) < 4.78 is 0. The van der Waals surface area contributed by atoms with Gasteiger partial charge in [0.25, 0.3) is 0 Å². The van der Waals surface area contributed by atoms with E-state index in [1.807, 2.05) is 0 Å². The van der Waals surface area contributed by atoms with Gasteiger partial charge in [-0.15, -0.1) is 0 Å². The van der Waals surface area contributed by atoms with Crippen molar-refractivity contribution in [2.24, 2.45) is 0 Å². The smallest absolute Gasteiger partial charge is 0.0540 e. The Kier molecular flexibility index (Phi) is 4.32. The summed E-state index contributed by atoms with van der Waals surface area (Å²) in [5.74, 6) is 0. The zero-order chi connectivity index (χ0) is 26.4. The van der Waals surface area contributed by atoms with Crippen molar-refractivity contribution in [2.75, 3.05) is 4.90 Å². The minimum Gasteiger partial charge on any atom is -0.309 e. The lowest BCUT2D eigenvalue weighted by atomic mass is 9.97. The van der Waals surface area contributed by atoms with E-state index in [-0.39, 0.29) is 0 Å². The molecule has 40 heavy (non-hydrogen) atoms. The first-order valence-electron chi connectivity index (χ1n) is 14.0. The fourth-order valence-electron chi connectivity index (χ4n) is 7.15. The molecule has 0 atom stereocenters. The molecule has 0 amide bonds. The van der Waals surface area contributed by atoms with Crippen molar-refractivity contribution in [3.05, 3.63) is 139 Å². The Labute approximate surface area is 233 Å². The first-order valence-corrected chi connectivity index (χ1v) is 14.0. The van der Waals surface area contributed by atoms with Gasteiger partial charge in [0, 0.05) is 16.5 Å². The van der Waals surface area contributed by atoms with Crippen molar-refractivity contribution in [1.82, 2.24) is 0 Å². The molecule has 0 heterocycles. The van der Waals surface area contributed by atoms with Gasteiger partial charge in [-0.1, -0.05) is 109 Å². The van der Waals surface area contributed by atoms with Gasteiger partial charge in [0.05, 0.1) is 11.4 Å². The molecule has 0 spiro atoms. The highest BCUT2D eigenvalue weighted by Crippen LogP contribution is 2.54. The van der Waals surface area contributed by atoms with Crippen LogP contribution in [-0.4, -0.2) is 0 Å². The van der Waals surface area contributed by atoms with Gasteiger partial charge in [0.2, 0.25) is 0 Å².